The fourth-order valence-corrected chi connectivity index (χ4v) is 1.93. The molecule has 0 saturated carbocycles. The van der Waals surface area contributed by atoms with Gasteiger partial charge in [0, 0.05) is 6.61 Å². The number of nitrogens with one attached hydrogen (secondary N) is 1. The molecule has 0 aliphatic carbocycles. The molecule has 0 aromatic heterocycles. The van der Waals surface area contributed by atoms with Crippen molar-refractivity contribution in [3.63, 3.8) is 0 Å². The number of carbonyl (C=O) groups is 2. The van der Waals surface area contributed by atoms with Gasteiger partial charge in [0.25, 0.3) is 0 Å². The number of carboxylic acids is 1. The summed E-state index contributed by atoms with van der Waals surface area (Å²) in [6.07, 6.45) is 2.09. The number of carbonyl (C=O) groups excluding carboxylic acids is 1. The second kappa shape index (κ2) is 6.59. The first-order valence-electron chi connectivity index (χ1n) is 6.11. The van der Waals surface area contributed by atoms with Crippen LogP contribution in [0.25, 0.3) is 0 Å². The van der Waals surface area contributed by atoms with E-state index in [9.17, 15) is 9.59 Å². The van der Waals surface area contributed by atoms with E-state index in [2.05, 4.69) is 5.32 Å². The van der Waals surface area contributed by atoms with Gasteiger partial charge in [-0.05, 0) is 25.2 Å². The molecule has 0 radical (unpaired) electrons. The molecule has 1 aliphatic heterocycles. The summed E-state index contributed by atoms with van der Waals surface area (Å²) >= 11 is 0. The lowest BCUT2D eigenvalue weighted by Crippen LogP contribution is -2.45. The van der Waals surface area contributed by atoms with E-state index in [1.807, 2.05) is 13.8 Å². The van der Waals surface area contributed by atoms with Gasteiger partial charge in [0.2, 0.25) is 5.91 Å². The van der Waals surface area contributed by atoms with Gasteiger partial charge < -0.3 is 15.2 Å². The van der Waals surface area contributed by atoms with Crippen molar-refractivity contribution < 1.29 is 19.4 Å². The molecule has 0 aromatic rings. The quantitative estimate of drug-likeness (QED) is 0.756. The minimum atomic E-state index is -0.969. The molecule has 1 rings (SSSR count). The monoisotopic (exact) mass is 243 g/mol. The number of ether oxygens (including phenoxy) is 1. The van der Waals surface area contributed by atoms with Crippen LogP contribution in [0.2, 0.25) is 0 Å². The molecule has 2 N–H and O–H groups in total. The van der Waals surface area contributed by atoms with Crippen LogP contribution >= 0.6 is 0 Å². The second-order valence-corrected chi connectivity index (χ2v) is 4.94. The predicted octanol–water partition coefficient (Wildman–Crippen LogP) is 1.03. The Labute approximate surface area is 102 Å². The summed E-state index contributed by atoms with van der Waals surface area (Å²) in [5, 5.41) is 11.6. The fraction of sp³-hybridized carbons (Fsp3) is 0.833. The zero-order valence-corrected chi connectivity index (χ0v) is 10.4. The number of amides is 1. The van der Waals surface area contributed by atoms with Gasteiger partial charge in [0.15, 0.2) is 0 Å². The van der Waals surface area contributed by atoms with Crippen molar-refractivity contribution in [3.8, 4) is 0 Å². The van der Waals surface area contributed by atoms with Gasteiger partial charge in [0.05, 0.1) is 12.5 Å². The predicted molar refractivity (Wildman–Crippen MR) is 62.6 cm³/mol. The molecular weight excluding hydrogens is 222 g/mol. The Kier molecular flexibility index (Phi) is 5.41. The lowest BCUT2D eigenvalue weighted by atomic mass is 9.99. The minimum Gasteiger partial charge on any atom is -0.480 e. The topological polar surface area (TPSA) is 75.6 Å². The zero-order chi connectivity index (χ0) is 12.8. The molecule has 1 aliphatic rings. The van der Waals surface area contributed by atoms with Crippen LogP contribution in [-0.4, -0.2) is 36.2 Å². The van der Waals surface area contributed by atoms with E-state index in [-0.39, 0.29) is 17.7 Å². The van der Waals surface area contributed by atoms with Gasteiger partial charge in [0.1, 0.15) is 6.04 Å². The lowest BCUT2D eigenvalue weighted by Gasteiger charge is -2.24. The van der Waals surface area contributed by atoms with Crippen LogP contribution < -0.4 is 5.32 Å². The summed E-state index contributed by atoms with van der Waals surface area (Å²) in [5.74, 6) is -1.13. The molecule has 0 aromatic carbocycles. The van der Waals surface area contributed by atoms with Crippen molar-refractivity contribution in [3.05, 3.63) is 0 Å². The van der Waals surface area contributed by atoms with E-state index in [0.717, 1.165) is 12.8 Å². The van der Waals surface area contributed by atoms with E-state index in [4.69, 9.17) is 9.84 Å². The van der Waals surface area contributed by atoms with Crippen LogP contribution in [0, 0.1) is 11.8 Å². The van der Waals surface area contributed by atoms with E-state index >= 15 is 0 Å². The number of carboxylic acid groups (broad SMARTS) is 1. The molecule has 2 atom stereocenters. The molecule has 5 nitrogen and oxygen atoms in total. The Morgan fingerprint density at radius 2 is 2.18 bits per heavy atom. The maximum Gasteiger partial charge on any atom is 0.326 e. The van der Waals surface area contributed by atoms with Gasteiger partial charge >= 0.3 is 5.97 Å². The first-order valence-corrected chi connectivity index (χ1v) is 6.11. The molecule has 1 unspecified atom stereocenters. The Hall–Kier alpha value is -1.10. The SMILES string of the molecule is CC(C)C[C@H](NC(=O)C1CCCOC1)C(=O)O. The molecule has 0 bridgehead atoms. The third kappa shape index (κ3) is 4.73. The van der Waals surface area contributed by atoms with Crippen molar-refractivity contribution in [2.45, 2.75) is 39.2 Å². The largest absolute Gasteiger partial charge is 0.480 e. The average Bonchev–Trinajstić information content (AvgIpc) is 2.28. The summed E-state index contributed by atoms with van der Waals surface area (Å²) in [5.41, 5.74) is 0. The number of hydrogen-bond acceptors (Lipinski definition) is 3. The fourth-order valence-electron chi connectivity index (χ4n) is 1.93. The Balaban J connectivity index is 2.47. The van der Waals surface area contributed by atoms with E-state index < -0.39 is 12.0 Å². The van der Waals surface area contributed by atoms with E-state index in [0.29, 0.717) is 19.6 Å². The summed E-state index contributed by atoms with van der Waals surface area (Å²) in [6.45, 7) is 4.97. The molecule has 98 valence electrons. The second-order valence-electron chi connectivity index (χ2n) is 4.94. The molecule has 1 amide bonds. The number of rotatable bonds is 5. The lowest BCUT2D eigenvalue weighted by molar-refractivity contribution is -0.143. The highest BCUT2D eigenvalue weighted by Crippen LogP contribution is 2.14. The van der Waals surface area contributed by atoms with Crippen LogP contribution in [0.1, 0.15) is 33.1 Å². The maximum absolute atomic E-state index is 11.8. The summed E-state index contributed by atoms with van der Waals surface area (Å²) in [6, 6.07) is -0.788. The molecule has 1 saturated heterocycles. The molecule has 1 heterocycles. The standard InChI is InChI=1S/C12H21NO4/c1-8(2)6-10(12(15)16)13-11(14)9-4-3-5-17-7-9/h8-10H,3-7H2,1-2H3,(H,13,14)(H,15,16)/t9?,10-/m0/s1. The Morgan fingerprint density at radius 1 is 1.47 bits per heavy atom. The highest BCUT2D eigenvalue weighted by molar-refractivity contribution is 5.85. The minimum absolute atomic E-state index is 0.197. The van der Waals surface area contributed by atoms with Crippen LogP contribution in [-0.2, 0) is 14.3 Å². The van der Waals surface area contributed by atoms with E-state index in [1.54, 1.807) is 0 Å². The maximum atomic E-state index is 11.8. The van der Waals surface area contributed by atoms with Crippen molar-refractivity contribution in [2.75, 3.05) is 13.2 Å². The van der Waals surface area contributed by atoms with Crippen molar-refractivity contribution >= 4 is 11.9 Å². The third-order valence-corrected chi connectivity index (χ3v) is 2.85. The van der Waals surface area contributed by atoms with Gasteiger partial charge in [-0.15, -0.1) is 0 Å². The smallest absolute Gasteiger partial charge is 0.326 e. The normalized spacial score (nSPS) is 22.2. The molecule has 17 heavy (non-hydrogen) atoms. The van der Waals surface area contributed by atoms with Crippen LogP contribution in [0.5, 0.6) is 0 Å². The Morgan fingerprint density at radius 3 is 2.65 bits per heavy atom. The van der Waals surface area contributed by atoms with Crippen LogP contribution in [0.4, 0.5) is 0 Å². The molecule has 1 fully saturated rings. The third-order valence-electron chi connectivity index (χ3n) is 2.85. The first kappa shape index (κ1) is 14.0. The molecule has 0 spiro atoms. The first-order chi connectivity index (χ1) is 8.00. The summed E-state index contributed by atoms with van der Waals surface area (Å²) in [7, 11) is 0. The van der Waals surface area contributed by atoms with Gasteiger partial charge in [-0.2, -0.15) is 0 Å². The van der Waals surface area contributed by atoms with Crippen LogP contribution in [0.3, 0.4) is 0 Å². The average molecular weight is 243 g/mol. The van der Waals surface area contributed by atoms with Crippen molar-refractivity contribution in [1.82, 2.24) is 5.32 Å². The van der Waals surface area contributed by atoms with E-state index in [1.165, 1.54) is 0 Å². The van der Waals surface area contributed by atoms with Gasteiger partial charge in [-0.3, -0.25) is 4.79 Å². The van der Waals surface area contributed by atoms with Crippen molar-refractivity contribution in [2.24, 2.45) is 11.8 Å². The van der Waals surface area contributed by atoms with Crippen molar-refractivity contribution in [1.29, 1.82) is 0 Å². The molecule has 5 heteroatoms. The number of hydrogen-bond donors (Lipinski definition) is 2. The Bertz CT molecular complexity index is 272. The van der Waals surface area contributed by atoms with Gasteiger partial charge in [-0.25, -0.2) is 4.79 Å². The highest BCUT2D eigenvalue weighted by atomic mass is 16.5. The number of aliphatic carboxylic acids is 1. The zero-order valence-electron chi connectivity index (χ0n) is 10.4. The van der Waals surface area contributed by atoms with Crippen LogP contribution in [0.15, 0.2) is 0 Å². The van der Waals surface area contributed by atoms with Gasteiger partial charge in [-0.1, -0.05) is 13.8 Å². The highest BCUT2D eigenvalue weighted by Gasteiger charge is 2.27. The summed E-state index contributed by atoms with van der Waals surface area (Å²) < 4.78 is 5.22. The summed E-state index contributed by atoms with van der Waals surface area (Å²) in [4.78, 5) is 22.8. The molecular formula is C12H21NO4.